The van der Waals surface area contributed by atoms with Crippen molar-refractivity contribution < 1.29 is 0 Å². The van der Waals surface area contributed by atoms with Crippen molar-refractivity contribution in [3.05, 3.63) is 48.0 Å². The molecule has 88 valence electrons. The summed E-state index contributed by atoms with van der Waals surface area (Å²) in [5.41, 5.74) is 1.45. The average molecular weight is 226 g/mol. The molecule has 0 aliphatic carbocycles. The van der Waals surface area contributed by atoms with Gasteiger partial charge in [0.1, 0.15) is 0 Å². The van der Waals surface area contributed by atoms with E-state index in [2.05, 4.69) is 53.1 Å². The van der Waals surface area contributed by atoms with E-state index < -0.39 is 0 Å². The molecule has 0 bridgehead atoms. The van der Waals surface area contributed by atoms with Gasteiger partial charge in [-0.05, 0) is 22.8 Å². The molecule has 2 nitrogen and oxygen atoms in total. The van der Waals surface area contributed by atoms with E-state index in [9.17, 15) is 0 Å². The normalized spacial score (nSPS) is 20.6. The summed E-state index contributed by atoms with van der Waals surface area (Å²) in [6.45, 7) is 3.24. The van der Waals surface area contributed by atoms with Crippen LogP contribution in [-0.4, -0.2) is 25.7 Å². The van der Waals surface area contributed by atoms with Crippen LogP contribution in [0.5, 0.6) is 0 Å². The Morgan fingerprint density at radius 2 is 1.88 bits per heavy atom. The Balaban J connectivity index is 1.89. The zero-order chi connectivity index (χ0) is 11.5. The molecule has 0 saturated carbocycles. The van der Waals surface area contributed by atoms with Gasteiger partial charge in [-0.3, -0.25) is 0 Å². The molecule has 1 aliphatic rings. The molecule has 1 atom stereocenters. The Morgan fingerprint density at radius 1 is 1.00 bits per heavy atom. The minimum Gasteiger partial charge on any atom is -0.314 e. The molecule has 1 saturated heterocycles. The first kappa shape index (κ1) is 10.8. The van der Waals surface area contributed by atoms with Crippen molar-refractivity contribution in [2.75, 3.05) is 19.6 Å². The molecule has 0 amide bonds. The largest absolute Gasteiger partial charge is 0.314 e. The second-order valence-electron chi connectivity index (χ2n) is 4.70. The van der Waals surface area contributed by atoms with Gasteiger partial charge in [0.25, 0.3) is 0 Å². The minimum absolute atomic E-state index is 0.564. The number of nitrogens with one attached hydrogen (secondary N) is 2. The molecule has 3 rings (SSSR count). The first-order valence-electron chi connectivity index (χ1n) is 6.34. The molecule has 0 unspecified atom stereocenters. The summed E-state index contributed by atoms with van der Waals surface area (Å²) >= 11 is 0. The fraction of sp³-hybridized carbons (Fsp3) is 0.333. The molecule has 0 aromatic heterocycles. The molecule has 2 N–H and O–H groups in total. The Kier molecular flexibility index (Phi) is 3.08. The molecular formula is C15H18N2. The highest BCUT2D eigenvalue weighted by Gasteiger charge is 2.13. The van der Waals surface area contributed by atoms with Gasteiger partial charge in [-0.2, -0.15) is 0 Å². The molecule has 2 heteroatoms. The van der Waals surface area contributed by atoms with Crippen LogP contribution in [0.25, 0.3) is 10.8 Å². The van der Waals surface area contributed by atoms with Gasteiger partial charge in [-0.15, -0.1) is 0 Å². The van der Waals surface area contributed by atoms with Crippen molar-refractivity contribution >= 4 is 10.8 Å². The third-order valence-electron chi connectivity index (χ3n) is 3.47. The van der Waals surface area contributed by atoms with Crippen LogP contribution in [0, 0.1) is 0 Å². The van der Waals surface area contributed by atoms with Crippen LogP contribution in [0.15, 0.2) is 42.5 Å². The predicted octanol–water partition coefficient (Wildman–Crippen LogP) is 1.94. The molecule has 2 aromatic rings. The van der Waals surface area contributed by atoms with Gasteiger partial charge in [0.05, 0.1) is 0 Å². The van der Waals surface area contributed by atoms with Crippen molar-refractivity contribution in [1.29, 1.82) is 0 Å². The van der Waals surface area contributed by atoms with Crippen molar-refractivity contribution in [3.63, 3.8) is 0 Å². The topological polar surface area (TPSA) is 24.1 Å². The van der Waals surface area contributed by atoms with E-state index in [4.69, 9.17) is 0 Å². The van der Waals surface area contributed by atoms with Crippen LogP contribution in [-0.2, 0) is 6.42 Å². The van der Waals surface area contributed by atoms with Gasteiger partial charge < -0.3 is 10.6 Å². The number of hydrogen-bond donors (Lipinski definition) is 2. The van der Waals surface area contributed by atoms with Gasteiger partial charge in [0, 0.05) is 25.7 Å². The number of hydrogen-bond acceptors (Lipinski definition) is 2. The third kappa shape index (κ3) is 2.33. The monoisotopic (exact) mass is 226 g/mol. The lowest BCUT2D eigenvalue weighted by atomic mass is 9.98. The first-order valence-corrected chi connectivity index (χ1v) is 6.34. The van der Waals surface area contributed by atoms with Crippen molar-refractivity contribution in [2.45, 2.75) is 12.5 Å². The number of piperazine rings is 1. The molecule has 1 fully saturated rings. The summed E-state index contributed by atoms with van der Waals surface area (Å²) in [4.78, 5) is 0. The van der Waals surface area contributed by atoms with Crippen LogP contribution < -0.4 is 10.6 Å². The number of benzene rings is 2. The fourth-order valence-corrected chi connectivity index (χ4v) is 2.59. The van der Waals surface area contributed by atoms with E-state index in [0.29, 0.717) is 6.04 Å². The van der Waals surface area contributed by atoms with Crippen LogP contribution in [0.2, 0.25) is 0 Å². The number of rotatable bonds is 2. The predicted molar refractivity (Wildman–Crippen MR) is 72.3 cm³/mol. The smallest absolute Gasteiger partial charge is 0.0233 e. The Bertz CT molecular complexity index is 496. The molecule has 0 radical (unpaired) electrons. The maximum atomic E-state index is 3.57. The van der Waals surface area contributed by atoms with E-state index >= 15 is 0 Å². The maximum Gasteiger partial charge on any atom is 0.0233 e. The standard InChI is InChI=1S/C15H18N2/c1-2-7-15-12(4-1)5-3-6-13(15)10-14-11-16-8-9-17-14/h1-7,14,16-17H,8-11H2/t14-/m0/s1. The molecule has 1 heterocycles. The van der Waals surface area contributed by atoms with E-state index in [-0.39, 0.29) is 0 Å². The lowest BCUT2D eigenvalue weighted by Gasteiger charge is -2.25. The van der Waals surface area contributed by atoms with E-state index in [0.717, 1.165) is 26.1 Å². The summed E-state index contributed by atoms with van der Waals surface area (Å²) in [5.74, 6) is 0. The molecule has 1 aliphatic heterocycles. The highest BCUT2D eigenvalue weighted by Crippen LogP contribution is 2.19. The Labute approximate surface area is 102 Å². The lowest BCUT2D eigenvalue weighted by Crippen LogP contribution is -2.49. The fourth-order valence-electron chi connectivity index (χ4n) is 2.59. The zero-order valence-corrected chi connectivity index (χ0v) is 9.95. The van der Waals surface area contributed by atoms with Gasteiger partial charge in [0.15, 0.2) is 0 Å². The van der Waals surface area contributed by atoms with Gasteiger partial charge in [-0.1, -0.05) is 42.5 Å². The molecule has 17 heavy (non-hydrogen) atoms. The van der Waals surface area contributed by atoms with Crippen LogP contribution in [0.3, 0.4) is 0 Å². The molecular weight excluding hydrogens is 208 g/mol. The summed E-state index contributed by atoms with van der Waals surface area (Å²) < 4.78 is 0. The summed E-state index contributed by atoms with van der Waals surface area (Å²) in [7, 11) is 0. The van der Waals surface area contributed by atoms with Gasteiger partial charge in [0.2, 0.25) is 0 Å². The van der Waals surface area contributed by atoms with Crippen molar-refractivity contribution in [3.8, 4) is 0 Å². The first-order chi connectivity index (χ1) is 8.43. The lowest BCUT2D eigenvalue weighted by molar-refractivity contribution is 0.417. The van der Waals surface area contributed by atoms with Gasteiger partial charge >= 0.3 is 0 Å². The van der Waals surface area contributed by atoms with E-state index in [1.165, 1.54) is 16.3 Å². The van der Waals surface area contributed by atoms with Crippen LogP contribution >= 0.6 is 0 Å². The maximum absolute atomic E-state index is 3.57. The minimum atomic E-state index is 0.564. The van der Waals surface area contributed by atoms with Crippen LogP contribution in [0.4, 0.5) is 0 Å². The second-order valence-corrected chi connectivity index (χ2v) is 4.70. The second kappa shape index (κ2) is 4.86. The van der Waals surface area contributed by atoms with Crippen molar-refractivity contribution in [2.24, 2.45) is 0 Å². The van der Waals surface area contributed by atoms with Crippen LogP contribution in [0.1, 0.15) is 5.56 Å². The zero-order valence-electron chi connectivity index (χ0n) is 9.95. The Hall–Kier alpha value is -1.38. The van der Waals surface area contributed by atoms with E-state index in [1.54, 1.807) is 0 Å². The Morgan fingerprint density at radius 3 is 2.76 bits per heavy atom. The summed E-state index contributed by atoms with van der Waals surface area (Å²) in [6, 6.07) is 15.8. The summed E-state index contributed by atoms with van der Waals surface area (Å²) in [6.07, 6.45) is 1.11. The SMILES string of the molecule is c1ccc2c(C[C@H]3CNCCN3)cccc2c1. The van der Waals surface area contributed by atoms with E-state index in [1.807, 2.05) is 0 Å². The highest BCUT2D eigenvalue weighted by molar-refractivity contribution is 5.85. The summed E-state index contributed by atoms with van der Waals surface area (Å²) in [5, 5.41) is 9.74. The average Bonchev–Trinajstić information content (AvgIpc) is 2.40. The van der Waals surface area contributed by atoms with Gasteiger partial charge in [-0.25, -0.2) is 0 Å². The van der Waals surface area contributed by atoms with Crippen molar-refractivity contribution in [1.82, 2.24) is 10.6 Å². The third-order valence-corrected chi connectivity index (χ3v) is 3.47. The molecule has 2 aromatic carbocycles. The quantitative estimate of drug-likeness (QED) is 0.818. The molecule has 0 spiro atoms. The highest BCUT2D eigenvalue weighted by atomic mass is 15.0. The number of fused-ring (bicyclic) bond motifs is 1.